The van der Waals surface area contributed by atoms with Gasteiger partial charge in [0.25, 0.3) is 0 Å². The largest absolute Gasteiger partial charge is 0.445 e. The molecule has 0 aliphatic heterocycles. The third-order valence-electron chi connectivity index (χ3n) is 3.49. The van der Waals surface area contributed by atoms with Crippen molar-refractivity contribution in [3.05, 3.63) is 35.9 Å². The number of nitrogens with two attached hydrogens (primary N) is 1. The summed E-state index contributed by atoms with van der Waals surface area (Å²) in [6, 6.07) is 9.07. The normalized spacial score (nSPS) is 13.2. The van der Waals surface area contributed by atoms with Crippen LogP contribution in [0.3, 0.4) is 0 Å². The van der Waals surface area contributed by atoms with Gasteiger partial charge in [0.1, 0.15) is 6.61 Å². The maximum absolute atomic E-state index is 11.5. The molecule has 6 nitrogen and oxygen atoms in total. The predicted octanol–water partition coefficient (Wildman–Crippen LogP) is 1.40. The van der Waals surface area contributed by atoms with E-state index in [4.69, 9.17) is 10.5 Å². The van der Waals surface area contributed by atoms with E-state index in [9.17, 15) is 9.59 Å². The molecule has 0 saturated heterocycles. The Hall–Kier alpha value is -2.08. The average molecular weight is 307 g/mol. The summed E-state index contributed by atoms with van der Waals surface area (Å²) in [5.74, 6) is -0.219. The SMILES string of the molecule is CCC(C)[C@H](NCCNC(=O)OCc1ccccc1)C(N)=O. The standard InChI is InChI=1S/C16H25N3O3/c1-3-12(2)14(15(17)20)18-9-10-19-16(21)22-11-13-7-5-4-6-8-13/h4-8,12,14,18H,3,9-11H2,1-2H3,(H2,17,20)(H,19,21)/t12?,14-/m0/s1. The maximum Gasteiger partial charge on any atom is 0.407 e. The number of benzene rings is 1. The van der Waals surface area contributed by atoms with Gasteiger partial charge in [-0.2, -0.15) is 0 Å². The molecule has 0 heterocycles. The fourth-order valence-electron chi connectivity index (χ4n) is 1.98. The van der Waals surface area contributed by atoms with Crippen molar-refractivity contribution < 1.29 is 14.3 Å². The second-order valence-corrected chi connectivity index (χ2v) is 5.21. The van der Waals surface area contributed by atoms with Gasteiger partial charge in [-0.3, -0.25) is 4.79 Å². The van der Waals surface area contributed by atoms with Crippen LogP contribution in [0, 0.1) is 5.92 Å². The van der Waals surface area contributed by atoms with Crippen LogP contribution in [0.15, 0.2) is 30.3 Å². The van der Waals surface area contributed by atoms with E-state index in [-0.39, 0.29) is 24.5 Å². The van der Waals surface area contributed by atoms with E-state index >= 15 is 0 Å². The van der Waals surface area contributed by atoms with Gasteiger partial charge >= 0.3 is 6.09 Å². The van der Waals surface area contributed by atoms with Crippen molar-refractivity contribution in [3.8, 4) is 0 Å². The molecule has 0 aliphatic rings. The number of nitrogens with one attached hydrogen (secondary N) is 2. The molecule has 0 spiro atoms. The Labute approximate surface area is 131 Å². The van der Waals surface area contributed by atoms with Crippen molar-refractivity contribution in [2.24, 2.45) is 11.7 Å². The van der Waals surface area contributed by atoms with Crippen molar-refractivity contribution >= 4 is 12.0 Å². The molecule has 122 valence electrons. The lowest BCUT2D eigenvalue weighted by Gasteiger charge is -2.21. The number of rotatable bonds is 9. The van der Waals surface area contributed by atoms with Crippen LogP contribution in [0.4, 0.5) is 4.79 Å². The van der Waals surface area contributed by atoms with E-state index in [2.05, 4.69) is 10.6 Å². The van der Waals surface area contributed by atoms with Crippen molar-refractivity contribution in [2.75, 3.05) is 13.1 Å². The highest BCUT2D eigenvalue weighted by Crippen LogP contribution is 2.06. The lowest BCUT2D eigenvalue weighted by atomic mass is 9.99. The molecule has 2 atom stereocenters. The van der Waals surface area contributed by atoms with Crippen LogP contribution < -0.4 is 16.4 Å². The smallest absolute Gasteiger partial charge is 0.407 e. The van der Waals surface area contributed by atoms with Gasteiger partial charge in [0.05, 0.1) is 6.04 Å². The summed E-state index contributed by atoms with van der Waals surface area (Å²) < 4.78 is 5.08. The predicted molar refractivity (Wildman–Crippen MR) is 85.1 cm³/mol. The molecule has 4 N–H and O–H groups in total. The highest BCUT2D eigenvalue weighted by molar-refractivity contribution is 5.80. The maximum atomic E-state index is 11.5. The van der Waals surface area contributed by atoms with Gasteiger partial charge in [0.2, 0.25) is 5.91 Å². The summed E-state index contributed by atoms with van der Waals surface area (Å²) in [6.45, 7) is 5.02. The Morgan fingerprint density at radius 3 is 2.50 bits per heavy atom. The summed E-state index contributed by atoms with van der Waals surface area (Å²) in [7, 11) is 0. The Morgan fingerprint density at radius 2 is 1.91 bits per heavy atom. The van der Waals surface area contributed by atoms with E-state index in [1.807, 2.05) is 44.2 Å². The van der Waals surface area contributed by atoms with Crippen LogP contribution in [0.25, 0.3) is 0 Å². The third-order valence-corrected chi connectivity index (χ3v) is 3.49. The monoisotopic (exact) mass is 307 g/mol. The molecular weight excluding hydrogens is 282 g/mol. The minimum absolute atomic E-state index is 0.155. The first-order valence-corrected chi connectivity index (χ1v) is 7.51. The summed E-state index contributed by atoms with van der Waals surface area (Å²) in [5.41, 5.74) is 6.29. The molecule has 0 saturated carbocycles. The van der Waals surface area contributed by atoms with E-state index in [0.29, 0.717) is 13.1 Å². The molecule has 1 aromatic carbocycles. The van der Waals surface area contributed by atoms with Crippen LogP contribution in [-0.4, -0.2) is 31.1 Å². The van der Waals surface area contributed by atoms with Gasteiger partial charge in [-0.15, -0.1) is 0 Å². The summed E-state index contributed by atoms with van der Waals surface area (Å²) in [6.07, 6.45) is 0.373. The van der Waals surface area contributed by atoms with Gasteiger partial charge in [-0.05, 0) is 11.5 Å². The zero-order chi connectivity index (χ0) is 16.4. The van der Waals surface area contributed by atoms with Gasteiger partial charge in [0, 0.05) is 13.1 Å². The molecule has 1 rings (SSSR count). The lowest BCUT2D eigenvalue weighted by Crippen LogP contribution is -2.48. The number of carbonyl (C=O) groups is 2. The fourth-order valence-corrected chi connectivity index (χ4v) is 1.98. The van der Waals surface area contributed by atoms with Gasteiger partial charge in [-0.25, -0.2) is 4.79 Å². The highest BCUT2D eigenvalue weighted by atomic mass is 16.5. The molecular formula is C16H25N3O3. The number of ether oxygens (including phenoxy) is 1. The first-order valence-electron chi connectivity index (χ1n) is 7.51. The average Bonchev–Trinajstić information content (AvgIpc) is 2.52. The second-order valence-electron chi connectivity index (χ2n) is 5.21. The van der Waals surface area contributed by atoms with Gasteiger partial charge in [-0.1, -0.05) is 50.6 Å². The van der Waals surface area contributed by atoms with Crippen LogP contribution in [-0.2, 0) is 16.1 Å². The number of primary amides is 1. The van der Waals surface area contributed by atoms with E-state index in [0.717, 1.165) is 12.0 Å². The minimum Gasteiger partial charge on any atom is -0.445 e. The molecule has 0 fully saturated rings. The number of carbonyl (C=O) groups excluding carboxylic acids is 2. The Morgan fingerprint density at radius 1 is 1.23 bits per heavy atom. The van der Waals surface area contributed by atoms with Crippen molar-refractivity contribution in [1.29, 1.82) is 0 Å². The zero-order valence-electron chi connectivity index (χ0n) is 13.2. The van der Waals surface area contributed by atoms with Crippen LogP contribution in [0.2, 0.25) is 0 Å². The van der Waals surface area contributed by atoms with E-state index < -0.39 is 6.09 Å². The molecule has 0 aliphatic carbocycles. The number of alkyl carbamates (subject to hydrolysis) is 1. The van der Waals surface area contributed by atoms with Crippen molar-refractivity contribution in [3.63, 3.8) is 0 Å². The Balaban J connectivity index is 2.20. The minimum atomic E-state index is -0.482. The van der Waals surface area contributed by atoms with E-state index in [1.165, 1.54) is 0 Å². The fraction of sp³-hybridized carbons (Fsp3) is 0.500. The molecule has 1 aromatic rings. The molecule has 0 aromatic heterocycles. The number of amides is 2. The van der Waals surface area contributed by atoms with Gasteiger partial charge < -0.3 is 21.1 Å². The summed E-state index contributed by atoms with van der Waals surface area (Å²) in [5, 5.41) is 5.68. The van der Waals surface area contributed by atoms with Crippen molar-refractivity contribution in [2.45, 2.75) is 32.9 Å². The lowest BCUT2D eigenvalue weighted by molar-refractivity contribution is -0.121. The van der Waals surface area contributed by atoms with Crippen LogP contribution in [0.5, 0.6) is 0 Å². The molecule has 0 bridgehead atoms. The molecule has 1 unspecified atom stereocenters. The Kier molecular flexibility index (Phi) is 7.99. The molecule has 22 heavy (non-hydrogen) atoms. The third kappa shape index (κ3) is 6.58. The topological polar surface area (TPSA) is 93.4 Å². The molecule has 2 amide bonds. The summed E-state index contributed by atoms with van der Waals surface area (Å²) in [4.78, 5) is 22.9. The zero-order valence-corrected chi connectivity index (χ0v) is 13.2. The van der Waals surface area contributed by atoms with Crippen LogP contribution in [0.1, 0.15) is 25.8 Å². The number of hydrogen-bond donors (Lipinski definition) is 3. The Bertz CT molecular complexity index is 465. The van der Waals surface area contributed by atoms with E-state index in [1.54, 1.807) is 0 Å². The molecule has 0 radical (unpaired) electrons. The van der Waals surface area contributed by atoms with Crippen LogP contribution >= 0.6 is 0 Å². The molecule has 6 heteroatoms. The van der Waals surface area contributed by atoms with Gasteiger partial charge in [0.15, 0.2) is 0 Å². The number of hydrogen-bond acceptors (Lipinski definition) is 4. The highest BCUT2D eigenvalue weighted by Gasteiger charge is 2.20. The first kappa shape index (κ1) is 18.0. The summed E-state index contributed by atoms with van der Waals surface area (Å²) >= 11 is 0. The second kappa shape index (κ2) is 9.78. The van der Waals surface area contributed by atoms with Crippen molar-refractivity contribution in [1.82, 2.24) is 10.6 Å². The first-order chi connectivity index (χ1) is 10.5. The quantitative estimate of drug-likeness (QED) is 0.601.